The van der Waals surface area contributed by atoms with Crippen LogP contribution in [0.2, 0.25) is 0 Å². The summed E-state index contributed by atoms with van der Waals surface area (Å²) in [6.45, 7) is 0. The molecule has 0 unspecified atom stereocenters. The lowest BCUT2D eigenvalue weighted by Gasteiger charge is -2.22. The molecule has 2 rings (SSSR count). The normalized spacial score (nSPS) is 19.7. The lowest BCUT2D eigenvalue weighted by atomic mass is 9.81. The molecule has 0 bridgehead atoms. The molecule has 0 saturated heterocycles. The quantitative estimate of drug-likeness (QED) is 0.437. The van der Waals surface area contributed by atoms with E-state index in [9.17, 15) is 19.2 Å². The van der Waals surface area contributed by atoms with Gasteiger partial charge in [-0.1, -0.05) is 0 Å². The number of ether oxygens (including phenoxy) is 3. The Morgan fingerprint density at radius 2 is 1.68 bits per heavy atom. The maximum absolute atomic E-state index is 12.4. The molecule has 0 fully saturated rings. The van der Waals surface area contributed by atoms with Crippen molar-refractivity contribution in [2.24, 2.45) is 11.8 Å². The van der Waals surface area contributed by atoms with Crippen molar-refractivity contribution in [2.75, 3.05) is 21.3 Å². The highest BCUT2D eigenvalue weighted by Crippen LogP contribution is 2.41. The number of methoxy groups -OCH3 is 3. The maximum Gasteiger partial charge on any atom is 0.320 e. The summed E-state index contributed by atoms with van der Waals surface area (Å²) in [5.74, 6) is -6.91. The van der Waals surface area contributed by atoms with Crippen LogP contribution in [0.25, 0.3) is 0 Å². The Morgan fingerprint density at radius 3 is 2.18 bits per heavy atom. The van der Waals surface area contributed by atoms with Gasteiger partial charge in [-0.25, -0.2) is 0 Å². The third-order valence-corrected chi connectivity index (χ3v) is 3.71. The number of nitrogens with zero attached hydrogens (tertiary/aromatic N) is 1. The smallest absolute Gasteiger partial charge is 0.320 e. The van der Waals surface area contributed by atoms with Gasteiger partial charge in [-0.15, -0.1) is 0 Å². The third-order valence-electron chi connectivity index (χ3n) is 3.71. The van der Waals surface area contributed by atoms with Gasteiger partial charge in [0.1, 0.15) is 5.92 Å². The van der Waals surface area contributed by atoms with Gasteiger partial charge < -0.3 is 14.2 Å². The summed E-state index contributed by atoms with van der Waals surface area (Å²) in [7, 11) is 3.36. The van der Waals surface area contributed by atoms with Gasteiger partial charge in [-0.2, -0.15) is 0 Å². The van der Waals surface area contributed by atoms with E-state index in [2.05, 4.69) is 14.2 Å². The van der Waals surface area contributed by atoms with Crippen LogP contribution in [0.15, 0.2) is 18.3 Å². The molecule has 1 aromatic heterocycles. The topological polar surface area (TPSA) is 101 Å². The van der Waals surface area contributed by atoms with E-state index in [0.29, 0.717) is 5.69 Å². The Bertz CT molecular complexity index is 617. The minimum absolute atomic E-state index is 0.362. The van der Waals surface area contributed by atoms with Crippen LogP contribution in [-0.4, -0.2) is 49.7 Å². The van der Waals surface area contributed by atoms with Gasteiger partial charge in [-0.3, -0.25) is 23.7 Å². The fourth-order valence-electron chi connectivity index (χ4n) is 2.72. The highest BCUT2D eigenvalue weighted by molar-refractivity contribution is 6.06. The molecule has 0 aromatic carbocycles. The second-order valence-electron chi connectivity index (χ2n) is 4.69. The van der Waals surface area contributed by atoms with Crippen molar-refractivity contribution in [1.29, 1.82) is 0 Å². The first kappa shape index (κ1) is 15.7. The van der Waals surface area contributed by atoms with Crippen molar-refractivity contribution in [3.05, 3.63) is 24.0 Å². The molecule has 8 nitrogen and oxygen atoms in total. The summed E-state index contributed by atoms with van der Waals surface area (Å²) in [6.07, 6.45) is 1.46. The second kappa shape index (κ2) is 6.00. The highest BCUT2D eigenvalue weighted by Gasteiger charge is 2.53. The fraction of sp³-hybridized carbons (Fsp3) is 0.429. The van der Waals surface area contributed by atoms with Gasteiger partial charge in [0.15, 0.2) is 5.92 Å². The van der Waals surface area contributed by atoms with E-state index in [0.717, 1.165) is 21.3 Å². The van der Waals surface area contributed by atoms with Crippen LogP contribution < -0.4 is 0 Å². The predicted molar refractivity (Wildman–Crippen MR) is 70.8 cm³/mol. The van der Waals surface area contributed by atoms with E-state index in [4.69, 9.17) is 0 Å². The number of hydrogen-bond donors (Lipinski definition) is 0. The number of aromatic nitrogens is 1. The molecule has 1 aliphatic heterocycles. The van der Waals surface area contributed by atoms with Crippen LogP contribution in [-0.2, 0) is 28.6 Å². The monoisotopic (exact) mass is 309 g/mol. The SMILES string of the molecule is COC(=O)C(C(=O)OC)[C@H]1c2cccn2C(=O)[C@@H]1C(=O)OC. The van der Waals surface area contributed by atoms with Crippen molar-refractivity contribution in [2.45, 2.75) is 5.92 Å². The van der Waals surface area contributed by atoms with Crippen molar-refractivity contribution in [1.82, 2.24) is 4.57 Å². The molecule has 2 heterocycles. The van der Waals surface area contributed by atoms with Crippen LogP contribution in [0.4, 0.5) is 0 Å². The van der Waals surface area contributed by atoms with E-state index < -0.39 is 41.6 Å². The number of carbonyl (C=O) groups excluding carboxylic acids is 4. The number of rotatable bonds is 4. The van der Waals surface area contributed by atoms with Gasteiger partial charge in [0.2, 0.25) is 5.91 Å². The van der Waals surface area contributed by atoms with Crippen LogP contribution in [0.3, 0.4) is 0 Å². The molecule has 0 saturated carbocycles. The number of carbonyl (C=O) groups is 4. The molecule has 2 atom stereocenters. The summed E-state index contributed by atoms with van der Waals surface area (Å²) in [5.41, 5.74) is 0.362. The number of fused-ring (bicyclic) bond motifs is 1. The lowest BCUT2D eigenvalue weighted by Crippen LogP contribution is -2.38. The molecule has 22 heavy (non-hydrogen) atoms. The number of esters is 3. The Kier molecular flexibility index (Phi) is 4.30. The van der Waals surface area contributed by atoms with Crippen LogP contribution >= 0.6 is 0 Å². The largest absolute Gasteiger partial charge is 0.468 e. The standard InChI is InChI=1S/C14H15NO7/c1-20-12(17)9-8(7-5-4-6-15(7)11(9)16)10(13(18)21-2)14(19)22-3/h4-6,8-10H,1-3H3/t8-,9+/m0/s1. The minimum atomic E-state index is -1.43. The first-order valence-electron chi connectivity index (χ1n) is 6.42. The molecule has 8 heteroatoms. The molecular weight excluding hydrogens is 294 g/mol. The van der Waals surface area contributed by atoms with E-state index in [1.807, 2.05) is 0 Å². The van der Waals surface area contributed by atoms with Gasteiger partial charge in [-0.05, 0) is 12.1 Å². The first-order chi connectivity index (χ1) is 10.5. The van der Waals surface area contributed by atoms with E-state index in [-0.39, 0.29) is 0 Å². The zero-order valence-electron chi connectivity index (χ0n) is 12.3. The Morgan fingerprint density at radius 1 is 1.09 bits per heavy atom. The Balaban J connectivity index is 2.56. The van der Waals surface area contributed by atoms with Crippen molar-refractivity contribution < 1.29 is 33.4 Å². The summed E-state index contributed by atoms with van der Waals surface area (Å²) in [4.78, 5) is 48.3. The minimum Gasteiger partial charge on any atom is -0.468 e. The zero-order chi connectivity index (χ0) is 16.4. The highest BCUT2D eigenvalue weighted by atomic mass is 16.5. The van der Waals surface area contributed by atoms with Crippen molar-refractivity contribution >= 4 is 23.8 Å². The van der Waals surface area contributed by atoms with Crippen molar-refractivity contribution in [3.8, 4) is 0 Å². The molecular formula is C14H15NO7. The number of hydrogen-bond acceptors (Lipinski definition) is 7. The summed E-state index contributed by atoms with van der Waals surface area (Å²) in [6, 6.07) is 3.14. The van der Waals surface area contributed by atoms with Gasteiger partial charge in [0.05, 0.1) is 21.3 Å². The molecule has 0 amide bonds. The summed E-state index contributed by atoms with van der Waals surface area (Å²) >= 11 is 0. The molecule has 0 spiro atoms. The molecule has 0 N–H and O–H groups in total. The molecule has 1 aromatic rings. The molecule has 1 aliphatic rings. The van der Waals surface area contributed by atoms with Gasteiger partial charge in [0.25, 0.3) is 0 Å². The fourth-order valence-corrected chi connectivity index (χ4v) is 2.72. The third kappa shape index (κ3) is 2.26. The van der Waals surface area contributed by atoms with Crippen molar-refractivity contribution in [3.63, 3.8) is 0 Å². The predicted octanol–water partition coefficient (Wildman–Crippen LogP) is -0.0231. The van der Waals surface area contributed by atoms with Gasteiger partial charge in [0, 0.05) is 17.8 Å². The summed E-state index contributed by atoms with van der Waals surface area (Å²) < 4.78 is 15.1. The van der Waals surface area contributed by atoms with E-state index in [1.165, 1.54) is 10.8 Å². The zero-order valence-corrected chi connectivity index (χ0v) is 12.3. The Labute approximate surface area is 125 Å². The van der Waals surface area contributed by atoms with Gasteiger partial charge >= 0.3 is 17.9 Å². The molecule has 118 valence electrons. The second-order valence-corrected chi connectivity index (χ2v) is 4.69. The average molecular weight is 309 g/mol. The summed E-state index contributed by atoms with van der Waals surface area (Å²) in [5, 5.41) is 0. The lowest BCUT2D eigenvalue weighted by molar-refractivity contribution is -0.161. The first-order valence-corrected chi connectivity index (χ1v) is 6.42. The van der Waals surface area contributed by atoms with Crippen LogP contribution in [0.1, 0.15) is 16.4 Å². The average Bonchev–Trinajstić information content (AvgIpc) is 3.10. The maximum atomic E-state index is 12.4. The molecule has 0 aliphatic carbocycles. The Hall–Kier alpha value is -2.64. The molecule has 0 radical (unpaired) electrons. The van der Waals surface area contributed by atoms with E-state index in [1.54, 1.807) is 12.1 Å². The van der Waals surface area contributed by atoms with Crippen LogP contribution in [0, 0.1) is 11.8 Å². The van der Waals surface area contributed by atoms with Crippen LogP contribution in [0.5, 0.6) is 0 Å². The van der Waals surface area contributed by atoms with E-state index >= 15 is 0 Å².